The zero-order chi connectivity index (χ0) is 19.0. The number of hydrogen-bond donors (Lipinski definition) is 1. The second-order valence-corrected chi connectivity index (χ2v) is 8.96. The lowest BCUT2D eigenvalue weighted by Gasteiger charge is -2.29. The molecule has 2 atom stereocenters. The van der Waals surface area contributed by atoms with Gasteiger partial charge in [-0.25, -0.2) is 8.42 Å². The van der Waals surface area contributed by atoms with Crippen LogP contribution in [0.4, 0.5) is 0 Å². The fourth-order valence-electron chi connectivity index (χ4n) is 3.55. The Morgan fingerprint density at radius 1 is 1.22 bits per heavy atom. The van der Waals surface area contributed by atoms with Gasteiger partial charge in [-0.1, -0.05) is 6.07 Å². The van der Waals surface area contributed by atoms with Gasteiger partial charge >= 0.3 is 0 Å². The SMILES string of the molecule is CS(=O)(=O)N1C[C@@H]2COC[C@H](C1)N(C(=O)c1cc(-c3ccccn3)n[nH]1)C2. The number of carbonyl (C=O) groups excluding carboxylic acids is 1. The van der Waals surface area contributed by atoms with Crippen molar-refractivity contribution in [1.82, 2.24) is 24.4 Å². The highest BCUT2D eigenvalue weighted by Crippen LogP contribution is 2.24. The lowest BCUT2D eigenvalue weighted by Crippen LogP contribution is -2.47. The molecular formula is C17H21N5O4S. The summed E-state index contributed by atoms with van der Waals surface area (Å²) in [5.74, 6) is -0.269. The maximum absolute atomic E-state index is 13.1. The number of H-pyrrole nitrogens is 1. The smallest absolute Gasteiger partial charge is 0.272 e. The van der Waals surface area contributed by atoms with Gasteiger partial charge in [0.2, 0.25) is 10.0 Å². The normalized spacial score (nSPS) is 23.8. The molecule has 2 saturated heterocycles. The largest absolute Gasteiger partial charge is 0.379 e. The van der Waals surface area contributed by atoms with Crippen LogP contribution in [0.5, 0.6) is 0 Å². The summed E-state index contributed by atoms with van der Waals surface area (Å²) < 4.78 is 31.2. The van der Waals surface area contributed by atoms with Crippen LogP contribution in [0.1, 0.15) is 10.5 Å². The summed E-state index contributed by atoms with van der Waals surface area (Å²) in [5, 5.41) is 6.98. The molecule has 1 amide bonds. The molecule has 4 rings (SSSR count). The number of aromatic nitrogens is 3. The highest BCUT2D eigenvalue weighted by molar-refractivity contribution is 7.88. The number of nitrogens with zero attached hydrogens (tertiary/aromatic N) is 4. The van der Waals surface area contributed by atoms with Crippen molar-refractivity contribution in [3.8, 4) is 11.4 Å². The molecule has 0 spiro atoms. The van der Waals surface area contributed by atoms with Gasteiger partial charge in [0.05, 0.1) is 31.2 Å². The van der Waals surface area contributed by atoms with Crippen molar-refractivity contribution in [1.29, 1.82) is 0 Å². The second kappa shape index (κ2) is 7.02. The maximum atomic E-state index is 13.1. The monoisotopic (exact) mass is 391 g/mol. The minimum Gasteiger partial charge on any atom is -0.379 e. The van der Waals surface area contributed by atoms with E-state index in [1.54, 1.807) is 17.2 Å². The first-order valence-corrected chi connectivity index (χ1v) is 10.6. The predicted molar refractivity (Wildman–Crippen MR) is 97.4 cm³/mol. The number of nitrogens with one attached hydrogen (secondary N) is 1. The van der Waals surface area contributed by atoms with E-state index in [1.807, 2.05) is 18.2 Å². The molecule has 2 aliphatic rings. The molecule has 9 nitrogen and oxygen atoms in total. The van der Waals surface area contributed by atoms with E-state index in [0.29, 0.717) is 43.4 Å². The van der Waals surface area contributed by atoms with Crippen LogP contribution >= 0.6 is 0 Å². The Hall–Kier alpha value is -2.30. The molecule has 2 fully saturated rings. The standard InChI is InChI=1S/C17H21N5O4S/c1-27(24,25)21-7-12-8-22(13(9-21)11-26-10-12)17(23)16-6-15(19-20-16)14-4-2-3-5-18-14/h2-6,12-13H,7-11H2,1H3,(H,19,20)/t12-,13-/m0/s1. The third-order valence-corrected chi connectivity index (χ3v) is 6.14. The number of amides is 1. The van der Waals surface area contributed by atoms with Crippen LogP contribution in [0.15, 0.2) is 30.5 Å². The van der Waals surface area contributed by atoms with Crippen molar-refractivity contribution < 1.29 is 17.9 Å². The van der Waals surface area contributed by atoms with Crippen LogP contribution in [0, 0.1) is 5.92 Å². The molecule has 0 aliphatic carbocycles. The number of hydrogen-bond acceptors (Lipinski definition) is 6. The van der Waals surface area contributed by atoms with Crippen LogP contribution in [0.3, 0.4) is 0 Å². The molecule has 2 aromatic rings. The average Bonchev–Trinajstić information content (AvgIpc) is 2.93. The summed E-state index contributed by atoms with van der Waals surface area (Å²) >= 11 is 0. The summed E-state index contributed by atoms with van der Waals surface area (Å²) in [6.07, 6.45) is 2.87. The van der Waals surface area contributed by atoms with Crippen LogP contribution < -0.4 is 0 Å². The Kier molecular flexibility index (Phi) is 4.70. The highest BCUT2D eigenvalue weighted by Gasteiger charge is 2.39. The lowest BCUT2D eigenvalue weighted by molar-refractivity contribution is 0.0538. The fraction of sp³-hybridized carbons (Fsp3) is 0.471. The summed E-state index contributed by atoms with van der Waals surface area (Å²) in [4.78, 5) is 19.1. The maximum Gasteiger partial charge on any atom is 0.272 e. The van der Waals surface area contributed by atoms with Gasteiger partial charge in [-0.2, -0.15) is 9.40 Å². The molecule has 0 unspecified atom stereocenters. The molecule has 2 aliphatic heterocycles. The van der Waals surface area contributed by atoms with Gasteiger partial charge < -0.3 is 9.64 Å². The number of ether oxygens (including phenoxy) is 1. The van der Waals surface area contributed by atoms with E-state index in [4.69, 9.17) is 4.74 Å². The highest BCUT2D eigenvalue weighted by atomic mass is 32.2. The molecule has 2 bridgehead atoms. The Bertz CT molecular complexity index is 930. The number of fused-ring (bicyclic) bond motifs is 3. The molecular weight excluding hydrogens is 370 g/mol. The van der Waals surface area contributed by atoms with Crippen molar-refractivity contribution in [2.75, 3.05) is 39.1 Å². The average molecular weight is 391 g/mol. The Morgan fingerprint density at radius 2 is 2.07 bits per heavy atom. The summed E-state index contributed by atoms with van der Waals surface area (Å²) in [7, 11) is -3.33. The first kappa shape index (κ1) is 18.1. The van der Waals surface area contributed by atoms with Gasteiger partial charge in [0.1, 0.15) is 11.4 Å². The van der Waals surface area contributed by atoms with Gasteiger partial charge in [0.15, 0.2) is 0 Å². The predicted octanol–water partition coefficient (Wildman–Crippen LogP) is 0.204. The number of rotatable bonds is 3. The summed E-state index contributed by atoms with van der Waals surface area (Å²) in [6.45, 7) is 1.81. The summed E-state index contributed by atoms with van der Waals surface area (Å²) in [6, 6.07) is 6.83. The molecule has 0 aromatic carbocycles. The molecule has 1 N–H and O–H groups in total. The van der Waals surface area contributed by atoms with E-state index in [-0.39, 0.29) is 24.4 Å². The Morgan fingerprint density at radius 3 is 2.81 bits per heavy atom. The molecule has 0 radical (unpaired) electrons. The topological polar surface area (TPSA) is 108 Å². The van der Waals surface area contributed by atoms with Gasteiger partial charge in [0.25, 0.3) is 5.91 Å². The number of aromatic amines is 1. The zero-order valence-electron chi connectivity index (χ0n) is 14.9. The van der Waals surface area contributed by atoms with E-state index in [2.05, 4.69) is 15.2 Å². The summed E-state index contributed by atoms with van der Waals surface area (Å²) in [5.41, 5.74) is 1.62. The zero-order valence-corrected chi connectivity index (χ0v) is 15.7. The van der Waals surface area contributed by atoms with E-state index in [0.717, 1.165) is 0 Å². The third kappa shape index (κ3) is 3.73. The van der Waals surface area contributed by atoms with Crippen LogP contribution in [0.2, 0.25) is 0 Å². The van der Waals surface area contributed by atoms with Crippen LogP contribution in [0.25, 0.3) is 11.4 Å². The van der Waals surface area contributed by atoms with Crippen molar-refractivity contribution in [3.63, 3.8) is 0 Å². The van der Waals surface area contributed by atoms with Crippen LogP contribution in [-0.4, -0.2) is 83.9 Å². The van der Waals surface area contributed by atoms with Crippen molar-refractivity contribution >= 4 is 15.9 Å². The third-order valence-electron chi connectivity index (χ3n) is 4.90. The molecule has 10 heteroatoms. The molecule has 27 heavy (non-hydrogen) atoms. The quantitative estimate of drug-likeness (QED) is 0.801. The first-order valence-electron chi connectivity index (χ1n) is 8.72. The van der Waals surface area contributed by atoms with E-state index >= 15 is 0 Å². The Balaban J connectivity index is 1.59. The molecule has 0 saturated carbocycles. The van der Waals surface area contributed by atoms with Crippen molar-refractivity contribution in [3.05, 3.63) is 36.2 Å². The lowest BCUT2D eigenvalue weighted by atomic mass is 10.1. The van der Waals surface area contributed by atoms with E-state index in [1.165, 1.54) is 10.6 Å². The second-order valence-electron chi connectivity index (χ2n) is 6.98. The minimum atomic E-state index is -3.33. The van der Waals surface area contributed by atoms with E-state index in [9.17, 15) is 13.2 Å². The number of sulfonamides is 1. The van der Waals surface area contributed by atoms with E-state index < -0.39 is 10.0 Å². The number of pyridine rings is 1. The molecule has 144 valence electrons. The van der Waals surface area contributed by atoms with Gasteiger partial charge in [-0.15, -0.1) is 0 Å². The van der Waals surface area contributed by atoms with Gasteiger partial charge in [0, 0.05) is 31.7 Å². The minimum absolute atomic E-state index is 0.0608. The van der Waals surface area contributed by atoms with Crippen molar-refractivity contribution in [2.24, 2.45) is 5.92 Å². The van der Waals surface area contributed by atoms with Crippen LogP contribution in [-0.2, 0) is 14.8 Å². The first-order chi connectivity index (χ1) is 12.9. The van der Waals surface area contributed by atoms with Gasteiger partial charge in [-0.05, 0) is 18.2 Å². The van der Waals surface area contributed by atoms with Gasteiger partial charge in [-0.3, -0.25) is 14.9 Å². The molecule has 4 heterocycles. The molecule has 2 aromatic heterocycles. The fourth-order valence-corrected chi connectivity index (χ4v) is 4.48. The number of carbonyl (C=O) groups is 1. The van der Waals surface area contributed by atoms with Crippen molar-refractivity contribution in [2.45, 2.75) is 6.04 Å². The Labute approximate surface area is 157 Å².